The lowest BCUT2D eigenvalue weighted by atomic mass is 10.3. The van der Waals surface area contributed by atoms with Crippen LogP contribution in [-0.4, -0.2) is 27.2 Å². The van der Waals surface area contributed by atoms with E-state index in [1.807, 2.05) is 4.72 Å². The summed E-state index contributed by atoms with van der Waals surface area (Å²) in [6.45, 7) is -0.462. The average Bonchev–Trinajstić information content (AvgIpc) is 2.18. The summed E-state index contributed by atoms with van der Waals surface area (Å²) in [4.78, 5) is 11.1. The van der Waals surface area contributed by atoms with E-state index in [0.717, 1.165) is 18.4 Å². The van der Waals surface area contributed by atoms with Crippen molar-refractivity contribution in [1.82, 2.24) is 4.72 Å². The Hall–Kier alpha value is -1.47. The second-order valence-corrected chi connectivity index (χ2v) is 4.85. The Balaban J connectivity index is 2.49. The summed E-state index contributed by atoms with van der Waals surface area (Å²) in [5.74, 6) is -1.06. The van der Waals surface area contributed by atoms with Gasteiger partial charge in [-0.25, -0.2) is 17.5 Å². The smallest absolute Gasteiger partial charge is 0.326 e. The molecule has 0 radical (unpaired) electrons. The van der Waals surface area contributed by atoms with Crippen LogP contribution in [0.4, 0.5) is 4.39 Å². The van der Waals surface area contributed by atoms with Gasteiger partial charge in [0.25, 0.3) is 0 Å². The molecule has 0 heterocycles. The Kier molecular flexibility index (Phi) is 3.97. The molecule has 0 aliphatic carbocycles. The van der Waals surface area contributed by atoms with Crippen molar-refractivity contribution in [2.75, 3.05) is 12.8 Å². The molecular weight excluding hydrogens is 237 g/mol. The molecule has 16 heavy (non-hydrogen) atoms. The number of esters is 1. The highest BCUT2D eigenvalue weighted by atomic mass is 32.2. The lowest BCUT2D eigenvalue weighted by Gasteiger charge is -2.04. The molecule has 0 bridgehead atoms. The van der Waals surface area contributed by atoms with Gasteiger partial charge in [-0.1, -0.05) is 0 Å². The fraction of sp³-hybridized carbons (Fsp3) is 0.222. The molecule has 0 atom stereocenters. The number of halogens is 1. The van der Waals surface area contributed by atoms with E-state index in [1.54, 1.807) is 0 Å². The monoisotopic (exact) mass is 247 g/mol. The van der Waals surface area contributed by atoms with Crippen LogP contribution in [-0.2, 0) is 14.8 Å². The predicted octanol–water partition coefficient (Wildman–Crippen LogP) is 0.280. The number of nitrogens with one attached hydrogen (secondary N) is 1. The fourth-order valence-corrected chi connectivity index (χ4v) is 1.24. The molecule has 0 aliphatic rings. The molecule has 0 unspecified atom stereocenters. The average molecular weight is 247 g/mol. The van der Waals surface area contributed by atoms with E-state index in [1.165, 1.54) is 12.1 Å². The van der Waals surface area contributed by atoms with Crippen LogP contribution in [0.25, 0.3) is 0 Å². The molecule has 88 valence electrons. The highest BCUT2D eigenvalue weighted by molar-refractivity contribution is 7.88. The quantitative estimate of drug-likeness (QED) is 0.612. The molecule has 0 saturated carbocycles. The summed E-state index contributed by atoms with van der Waals surface area (Å²) in [5, 5.41) is 0. The molecule has 1 rings (SSSR count). The van der Waals surface area contributed by atoms with Crippen LogP contribution in [0.5, 0.6) is 5.75 Å². The van der Waals surface area contributed by atoms with Gasteiger partial charge in [0.15, 0.2) is 0 Å². The number of benzene rings is 1. The van der Waals surface area contributed by atoms with Crippen molar-refractivity contribution >= 4 is 16.0 Å². The Bertz CT molecular complexity index is 469. The third-order valence-corrected chi connectivity index (χ3v) is 2.19. The van der Waals surface area contributed by atoms with Gasteiger partial charge in [0, 0.05) is 0 Å². The van der Waals surface area contributed by atoms with E-state index in [-0.39, 0.29) is 5.75 Å². The lowest BCUT2D eigenvalue weighted by molar-refractivity contribution is -0.133. The zero-order valence-corrected chi connectivity index (χ0v) is 9.25. The Morgan fingerprint density at radius 1 is 1.38 bits per heavy atom. The highest BCUT2D eigenvalue weighted by Gasteiger charge is 2.08. The third-order valence-electron chi connectivity index (χ3n) is 1.52. The standard InChI is InChI=1S/C9H10FNO4S/c1-16(13,14)11-6-9(12)15-8-4-2-7(10)3-5-8/h2-5,11H,6H2,1H3. The zero-order valence-electron chi connectivity index (χ0n) is 8.44. The molecule has 1 N–H and O–H groups in total. The minimum absolute atomic E-state index is 0.154. The first-order valence-corrected chi connectivity index (χ1v) is 6.17. The molecule has 0 fully saturated rings. The molecule has 5 nitrogen and oxygen atoms in total. The molecule has 7 heteroatoms. The van der Waals surface area contributed by atoms with Crippen molar-refractivity contribution in [3.8, 4) is 5.75 Å². The van der Waals surface area contributed by atoms with Gasteiger partial charge < -0.3 is 4.74 Å². The maximum atomic E-state index is 12.5. The molecule has 0 aliphatic heterocycles. The number of carbonyl (C=O) groups excluding carboxylic acids is 1. The van der Waals surface area contributed by atoms with Gasteiger partial charge in [-0.3, -0.25) is 4.79 Å². The summed E-state index contributed by atoms with van der Waals surface area (Å²) >= 11 is 0. The van der Waals surface area contributed by atoms with Gasteiger partial charge in [0.2, 0.25) is 10.0 Å². The van der Waals surface area contributed by atoms with Gasteiger partial charge in [0.05, 0.1) is 6.26 Å². The topological polar surface area (TPSA) is 72.5 Å². The fourth-order valence-electron chi connectivity index (χ4n) is 0.860. The lowest BCUT2D eigenvalue weighted by Crippen LogP contribution is -2.30. The van der Waals surface area contributed by atoms with Crippen LogP contribution in [0.3, 0.4) is 0 Å². The van der Waals surface area contributed by atoms with E-state index in [4.69, 9.17) is 4.74 Å². The number of carbonyl (C=O) groups is 1. The molecule has 1 aromatic carbocycles. The molecule has 0 spiro atoms. The first-order chi connectivity index (χ1) is 7.37. The van der Waals surface area contributed by atoms with Gasteiger partial charge in [-0.15, -0.1) is 0 Å². The second-order valence-electron chi connectivity index (χ2n) is 3.02. The van der Waals surface area contributed by atoms with Crippen LogP contribution in [0, 0.1) is 5.82 Å². The Morgan fingerprint density at radius 3 is 2.44 bits per heavy atom. The Morgan fingerprint density at radius 2 is 1.94 bits per heavy atom. The molecule has 0 amide bonds. The summed E-state index contributed by atoms with van der Waals surface area (Å²) in [6, 6.07) is 4.81. The third kappa shape index (κ3) is 4.85. The Labute approximate surface area is 92.3 Å². The van der Waals surface area contributed by atoms with Crippen LogP contribution < -0.4 is 9.46 Å². The zero-order chi connectivity index (χ0) is 12.2. The van der Waals surface area contributed by atoms with Crippen LogP contribution in [0.2, 0.25) is 0 Å². The molecular formula is C9H10FNO4S. The van der Waals surface area contributed by atoms with E-state index in [0.29, 0.717) is 0 Å². The van der Waals surface area contributed by atoms with E-state index in [9.17, 15) is 17.6 Å². The first-order valence-electron chi connectivity index (χ1n) is 4.28. The summed E-state index contributed by atoms with van der Waals surface area (Å²) in [7, 11) is -3.43. The SMILES string of the molecule is CS(=O)(=O)NCC(=O)Oc1ccc(F)cc1. The van der Waals surface area contributed by atoms with Crippen molar-refractivity contribution in [2.45, 2.75) is 0 Å². The second kappa shape index (κ2) is 5.04. The van der Waals surface area contributed by atoms with Crippen molar-refractivity contribution in [2.24, 2.45) is 0 Å². The maximum Gasteiger partial charge on any atom is 0.326 e. The minimum Gasteiger partial charge on any atom is -0.426 e. The van der Waals surface area contributed by atoms with Gasteiger partial charge in [0.1, 0.15) is 18.1 Å². The van der Waals surface area contributed by atoms with E-state index < -0.39 is 28.4 Å². The van der Waals surface area contributed by atoms with Crippen LogP contribution in [0.1, 0.15) is 0 Å². The number of rotatable bonds is 4. The number of sulfonamides is 1. The van der Waals surface area contributed by atoms with Crippen molar-refractivity contribution < 1.29 is 22.3 Å². The minimum atomic E-state index is -3.43. The summed E-state index contributed by atoms with van der Waals surface area (Å²) < 4.78 is 40.5. The van der Waals surface area contributed by atoms with Crippen molar-refractivity contribution in [1.29, 1.82) is 0 Å². The number of ether oxygens (including phenoxy) is 1. The van der Waals surface area contributed by atoms with E-state index >= 15 is 0 Å². The summed E-state index contributed by atoms with van der Waals surface area (Å²) in [6.07, 6.45) is 0.929. The number of hydrogen-bond acceptors (Lipinski definition) is 4. The highest BCUT2D eigenvalue weighted by Crippen LogP contribution is 2.10. The van der Waals surface area contributed by atoms with Gasteiger partial charge >= 0.3 is 5.97 Å². The van der Waals surface area contributed by atoms with Crippen LogP contribution >= 0.6 is 0 Å². The summed E-state index contributed by atoms with van der Waals surface area (Å²) in [5.41, 5.74) is 0. The maximum absolute atomic E-state index is 12.5. The largest absolute Gasteiger partial charge is 0.426 e. The van der Waals surface area contributed by atoms with Crippen molar-refractivity contribution in [3.05, 3.63) is 30.1 Å². The molecule has 0 saturated heterocycles. The predicted molar refractivity (Wildman–Crippen MR) is 54.9 cm³/mol. The van der Waals surface area contributed by atoms with Gasteiger partial charge in [-0.2, -0.15) is 0 Å². The van der Waals surface area contributed by atoms with Gasteiger partial charge in [-0.05, 0) is 24.3 Å². The normalized spacial score (nSPS) is 11.1. The van der Waals surface area contributed by atoms with E-state index in [2.05, 4.69) is 0 Å². The van der Waals surface area contributed by atoms with Crippen molar-refractivity contribution in [3.63, 3.8) is 0 Å². The first kappa shape index (κ1) is 12.6. The van der Waals surface area contributed by atoms with Crippen LogP contribution in [0.15, 0.2) is 24.3 Å². The number of hydrogen-bond donors (Lipinski definition) is 1. The molecule has 1 aromatic rings. The molecule has 0 aromatic heterocycles.